The molecule has 0 saturated carbocycles. The second-order valence-electron chi connectivity index (χ2n) is 9.63. The Kier molecular flexibility index (Phi) is 10.1. The molecule has 0 bridgehead atoms. The van der Waals surface area contributed by atoms with Gasteiger partial charge in [0.25, 0.3) is 0 Å². The van der Waals surface area contributed by atoms with Gasteiger partial charge in [0.1, 0.15) is 23.0 Å². The zero-order chi connectivity index (χ0) is 29.2. The van der Waals surface area contributed by atoms with E-state index in [0.717, 1.165) is 47.5 Å². The summed E-state index contributed by atoms with van der Waals surface area (Å²) in [5.74, 6) is 2.44. The summed E-state index contributed by atoms with van der Waals surface area (Å²) in [6.07, 6.45) is -1.55. The minimum absolute atomic E-state index is 0.451. The van der Waals surface area contributed by atoms with Crippen LogP contribution in [-0.2, 0) is 25.6 Å². The molecule has 5 nitrogen and oxygen atoms in total. The number of anilines is 2. The topological polar surface area (TPSA) is 51.8 Å². The van der Waals surface area contributed by atoms with Gasteiger partial charge in [-0.3, -0.25) is 0 Å². The molecule has 0 saturated heterocycles. The van der Waals surface area contributed by atoms with E-state index >= 15 is 0 Å². The van der Waals surface area contributed by atoms with Gasteiger partial charge in [0.15, 0.2) is 0 Å². The van der Waals surface area contributed by atoms with Crippen LogP contribution in [0, 0.1) is 0 Å². The molecule has 0 atom stereocenters. The average Bonchev–Trinajstić information content (AvgIpc) is 2.97. The van der Waals surface area contributed by atoms with Gasteiger partial charge in [0.05, 0.1) is 25.3 Å². The second-order valence-corrected chi connectivity index (χ2v) is 9.63. The van der Waals surface area contributed by atoms with Crippen molar-refractivity contribution in [3.8, 4) is 23.0 Å². The smallest absolute Gasteiger partial charge is 0.416 e. The van der Waals surface area contributed by atoms with E-state index in [2.05, 4.69) is 41.8 Å². The zero-order valence-corrected chi connectivity index (χ0v) is 23.5. The van der Waals surface area contributed by atoms with Crippen LogP contribution in [0.3, 0.4) is 0 Å². The van der Waals surface area contributed by atoms with Gasteiger partial charge in [-0.15, -0.1) is 0 Å². The summed E-state index contributed by atoms with van der Waals surface area (Å²) >= 11 is 0. The monoisotopic (exact) mass is 564 g/mol. The maximum Gasteiger partial charge on any atom is 0.416 e. The maximum atomic E-state index is 12.8. The Morgan fingerprint density at radius 1 is 0.683 bits per heavy atom. The third kappa shape index (κ3) is 8.41. The summed E-state index contributed by atoms with van der Waals surface area (Å²) in [7, 11) is 3.17. The number of ether oxygens (including phenoxy) is 3. The average molecular weight is 565 g/mol. The molecule has 0 aromatic heterocycles. The van der Waals surface area contributed by atoms with Crippen LogP contribution in [0.4, 0.5) is 24.5 Å². The summed E-state index contributed by atoms with van der Waals surface area (Å²) in [4.78, 5) is 0. The Morgan fingerprint density at radius 3 is 1.76 bits per heavy atom. The normalized spacial score (nSPS) is 11.3. The number of hydrogen-bond donors (Lipinski definition) is 2. The number of rotatable bonds is 13. The molecule has 2 N–H and O–H groups in total. The summed E-state index contributed by atoms with van der Waals surface area (Å²) in [5, 5.41) is 6.72. The Bertz CT molecular complexity index is 1360. The first-order valence-corrected chi connectivity index (χ1v) is 13.5. The Morgan fingerprint density at radius 2 is 1.22 bits per heavy atom. The van der Waals surface area contributed by atoms with Crippen LogP contribution in [0.5, 0.6) is 23.0 Å². The zero-order valence-electron chi connectivity index (χ0n) is 23.5. The van der Waals surface area contributed by atoms with E-state index < -0.39 is 11.7 Å². The Hall–Kier alpha value is -4.17. The van der Waals surface area contributed by atoms with Crippen LogP contribution in [0.15, 0.2) is 84.9 Å². The van der Waals surface area contributed by atoms with Crippen LogP contribution in [0.1, 0.15) is 35.6 Å². The number of alkyl halides is 3. The van der Waals surface area contributed by atoms with E-state index in [1.165, 1.54) is 17.7 Å². The number of methoxy groups -OCH3 is 2. The molecular formula is C33H35F3N2O3. The van der Waals surface area contributed by atoms with Gasteiger partial charge in [-0.25, -0.2) is 0 Å². The molecule has 0 radical (unpaired) electrons. The molecule has 0 spiro atoms. The molecule has 0 aliphatic rings. The van der Waals surface area contributed by atoms with Gasteiger partial charge < -0.3 is 24.8 Å². The molecule has 8 heteroatoms. The number of nitrogens with one attached hydrogen (secondary N) is 2. The van der Waals surface area contributed by atoms with Crippen molar-refractivity contribution in [2.24, 2.45) is 0 Å². The van der Waals surface area contributed by atoms with Crippen molar-refractivity contribution in [1.29, 1.82) is 0 Å². The molecule has 4 rings (SSSR count). The van der Waals surface area contributed by atoms with Crippen LogP contribution in [0.2, 0.25) is 0 Å². The first kappa shape index (κ1) is 29.8. The van der Waals surface area contributed by atoms with Crippen molar-refractivity contribution in [2.45, 2.75) is 38.9 Å². The molecule has 0 amide bonds. The lowest BCUT2D eigenvalue weighted by Gasteiger charge is -2.17. The molecule has 216 valence electrons. The summed E-state index contributed by atoms with van der Waals surface area (Å²) in [5.41, 5.74) is 4.29. The predicted molar refractivity (Wildman–Crippen MR) is 157 cm³/mol. The molecule has 0 heterocycles. The highest BCUT2D eigenvalue weighted by Gasteiger charge is 2.29. The minimum Gasteiger partial charge on any atom is -0.496 e. The lowest BCUT2D eigenvalue weighted by atomic mass is 10.1. The molecule has 0 unspecified atom stereocenters. The number of hydrogen-bond acceptors (Lipinski definition) is 5. The van der Waals surface area contributed by atoms with E-state index in [4.69, 9.17) is 14.2 Å². The van der Waals surface area contributed by atoms with Crippen LogP contribution < -0.4 is 24.8 Å². The van der Waals surface area contributed by atoms with Crippen molar-refractivity contribution < 1.29 is 27.4 Å². The fourth-order valence-electron chi connectivity index (χ4n) is 4.45. The second kappa shape index (κ2) is 13.9. The van der Waals surface area contributed by atoms with E-state index in [9.17, 15) is 13.2 Å². The lowest BCUT2D eigenvalue weighted by molar-refractivity contribution is -0.137. The van der Waals surface area contributed by atoms with Crippen molar-refractivity contribution in [2.75, 3.05) is 26.1 Å². The van der Waals surface area contributed by atoms with E-state index in [1.54, 1.807) is 26.4 Å². The standard InChI is InChI=1S/C33H35F3N2O3/c1-4-5-23-8-12-26(13-9-23)38-27-14-16-28(17-15-27)41-29-20-31(39-2)30(32(21-29)40-3)22-37-19-18-24-6-10-25(11-7-24)33(34,35)36/h6-17,20-21,37-38H,4-5,18-19,22H2,1-3H3. The third-order valence-electron chi connectivity index (χ3n) is 6.63. The van der Waals surface area contributed by atoms with Gasteiger partial charge in [-0.1, -0.05) is 37.6 Å². The number of aryl methyl sites for hydroxylation is 1. The largest absolute Gasteiger partial charge is 0.496 e. The molecule has 41 heavy (non-hydrogen) atoms. The maximum absolute atomic E-state index is 12.8. The Labute approximate surface area is 239 Å². The van der Waals surface area contributed by atoms with Gasteiger partial charge in [-0.05, 0) is 79.0 Å². The summed E-state index contributed by atoms with van der Waals surface area (Å²) in [6.45, 7) is 3.19. The Balaban J connectivity index is 1.35. The van der Waals surface area contributed by atoms with Crippen molar-refractivity contribution in [3.63, 3.8) is 0 Å². The van der Waals surface area contributed by atoms with E-state index in [1.807, 2.05) is 24.3 Å². The van der Waals surface area contributed by atoms with Crippen molar-refractivity contribution >= 4 is 11.4 Å². The quantitative estimate of drug-likeness (QED) is 0.159. The fourth-order valence-corrected chi connectivity index (χ4v) is 4.45. The van der Waals surface area contributed by atoms with Crippen LogP contribution in [-0.4, -0.2) is 20.8 Å². The first-order valence-electron chi connectivity index (χ1n) is 13.5. The highest BCUT2D eigenvalue weighted by Crippen LogP contribution is 2.36. The van der Waals surface area contributed by atoms with E-state index in [0.29, 0.717) is 42.5 Å². The first-order chi connectivity index (χ1) is 19.8. The lowest BCUT2D eigenvalue weighted by Crippen LogP contribution is -2.18. The highest BCUT2D eigenvalue weighted by molar-refractivity contribution is 5.61. The molecule has 0 fully saturated rings. The number of halogens is 3. The van der Waals surface area contributed by atoms with Gasteiger partial charge >= 0.3 is 6.18 Å². The third-order valence-corrected chi connectivity index (χ3v) is 6.63. The highest BCUT2D eigenvalue weighted by atomic mass is 19.4. The summed E-state index contributed by atoms with van der Waals surface area (Å²) < 4.78 is 55.7. The summed E-state index contributed by atoms with van der Waals surface area (Å²) in [6, 6.07) is 25.0. The molecule has 4 aromatic carbocycles. The SMILES string of the molecule is CCCc1ccc(Nc2ccc(Oc3cc(OC)c(CNCCc4ccc(C(F)(F)F)cc4)c(OC)c3)cc2)cc1. The predicted octanol–water partition coefficient (Wildman–Crippen LogP) is 8.54. The molecule has 0 aliphatic carbocycles. The van der Waals surface area contributed by atoms with Gasteiger partial charge in [0.2, 0.25) is 0 Å². The van der Waals surface area contributed by atoms with Crippen molar-refractivity contribution in [3.05, 3.63) is 107 Å². The van der Waals surface area contributed by atoms with Gasteiger partial charge in [0, 0.05) is 30.1 Å². The van der Waals surface area contributed by atoms with Crippen molar-refractivity contribution in [1.82, 2.24) is 5.32 Å². The molecule has 0 aliphatic heterocycles. The van der Waals surface area contributed by atoms with Gasteiger partial charge in [-0.2, -0.15) is 13.2 Å². The van der Waals surface area contributed by atoms with E-state index in [-0.39, 0.29) is 0 Å². The molecular weight excluding hydrogens is 529 g/mol. The van der Waals surface area contributed by atoms with Crippen LogP contribution in [0.25, 0.3) is 0 Å². The van der Waals surface area contributed by atoms with Crippen LogP contribution >= 0.6 is 0 Å². The molecule has 4 aromatic rings. The number of benzene rings is 4. The fraction of sp³-hybridized carbons (Fsp3) is 0.273. The minimum atomic E-state index is -4.33.